The van der Waals surface area contributed by atoms with Crippen LogP contribution in [0.3, 0.4) is 0 Å². The van der Waals surface area contributed by atoms with Crippen LogP contribution in [0.1, 0.15) is 22.7 Å². The third-order valence-electron chi connectivity index (χ3n) is 5.87. The van der Waals surface area contributed by atoms with Crippen molar-refractivity contribution in [1.29, 1.82) is 0 Å². The molecular weight excluding hydrogens is 529 g/mol. The van der Waals surface area contributed by atoms with E-state index in [1.165, 1.54) is 16.7 Å². The van der Waals surface area contributed by atoms with Gasteiger partial charge in [-0.3, -0.25) is 9.89 Å². The van der Waals surface area contributed by atoms with Gasteiger partial charge in [-0.05, 0) is 42.9 Å². The molecule has 0 aromatic heterocycles. The van der Waals surface area contributed by atoms with E-state index in [1.807, 2.05) is 19.2 Å². The monoisotopic (exact) mass is 567 g/mol. The van der Waals surface area contributed by atoms with Gasteiger partial charge in [-0.25, -0.2) is 0 Å². The van der Waals surface area contributed by atoms with Crippen LogP contribution in [0.4, 0.5) is 0 Å². The Balaban J connectivity index is 0.00000385. The Morgan fingerprint density at radius 1 is 1.06 bits per heavy atom. The number of nitrogens with one attached hydrogen (secondary N) is 2. The maximum absolute atomic E-state index is 5.48. The molecule has 0 saturated carbocycles. The van der Waals surface area contributed by atoms with Crippen LogP contribution in [0.15, 0.2) is 53.5 Å². The van der Waals surface area contributed by atoms with Crippen LogP contribution >= 0.6 is 24.0 Å². The zero-order valence-electron chi connectivity index (χ0n) is 20.2. The van der Waals surface area contributed by atoms with E-state index in [4.69, 9.17) is 9.47 Å². The molecule has 1 atom stereocenters. The van der Waals surface area contributed by atoms with Gasteiger partial charge >= 0.3 is 0 Å². The van der Waals surface area contributed by atoms with Crippen LogP contribution in [0.2, 0.25) is 0 Å². The summed E-state index contributed by atoms with van der Waals surface area (Å²) in [6.45, 7) is 6.04. The number of nitrogens with zero attached hydrogens (tertiary/aromatic N) is 3. The Bertz CT molecular complexity index is 854. The Morgan fingerprint density at radius 3 is 2.33 bits per heavy atom. The first-order chi connectivity index (χ1) is 15.6. The summed E-state index contributed by atoms with van der Waals surface area (Å²) in [6.07, 6.45) is 0. The van der Waals surface area contributed by atoms with Crippen molar-refractivity contribution < 1.29 is 9.47 Å². The first kappa shape index (κ1) is 27.4. The minimum atomic E-state index is 0. The van der Waals surface area contributed by atoms with Gasteiger partial charge in [0.2, 0.25) is 0 Å². The lowest BCUT2D eigenvalue weighted by atomic mass is 10.1. The normalized spacial score (nSPS) is 15.6. The topological polar surface area (TPSA) is 61.4 Å². The molecule has 1 saturated heterocycles. The van der Waals surface area contributed by atoms with E-state index < -0.39 is 0 Å². The highest BCUT2D eigenvalue weighted by Crippen LogP contribution is 2.20. The van der Waals surface area contributed by atoms with E-state index in [0.29, 0.717) is 0 Å². The minimum Gasteiger partial charge on any atom is -0.497 e. The van der Waals surface area contributed by atoms with Gasteiger partial charge < -0.3 is 25.0 Å². The van der Waals surface area contributed by atoms with Crippen molar-refractivity contribution in [3.05, 3.63) is 65.2 Å². The van der Waals surface area contributed by atoms with Crippen LogP contribution in [-0.2, 0) is 17.8 Å². The van der Waals surface area contributed by atoms with Crippen molar-refractivity contribution in [2.45, 2.75) is 19.1 Å². The van der Waals surface area contributed by atoms with Gasteiger partial charge in [0.05, 0.1) is 26.4 Å². The predicted molar refractivity (Wildman–Crippen MR) is 146 cm³/mol. The maximum atomic E-state index is 5.48. The summed E-state index contributed by atoms with van der Waals surface area (Å²) in [5.74, 6) is 1.67. The van der Waals surface area contributed by atoms with E-state index in [2.05, 4.69) is 75.9 Å². The van der Waals surface area contributed by atoms with E-state index >= 15 is 0 Å². The molecule has 2 aromatic rings. The fourth-order valence-electron chi connectivity index (χ4n) is 3.90. The molecule has 1 heterocycles. The molecule has 8 heteroatoms. The second kappa shape index (κ2) is 14.4. The fourth-order valence-corrected chi connectivity index (χ4v) is 3.90. The van der Waals surface area contributed by atoms with Gasteiger partial charge in [-0.2, -0.15) is 0 Å². The maximum Gasteiger partial charge on any atom is 0.191 e. The third-order valence-corrected chi connectivity index (χ3v) is 5.87. The summed E-state index contributed by atoms with van der Waals surface area (Å²) >= 11 is 0. The third kappa shape index (κ3) is 8.44. The number of methoxy groups -OCH3 is 1. The molecule has 0 amide bonds. The molecule has 2 aromatic carbocycles. The van der Waals surface area contributed by atoms with Crippen LogP contribution < -0.4 is 15.4 Å². The lowest BCUT2D eigenvalue weighted by molar-refractivity contribution is 0.0341. The zero-order chi connectivity index (χ0) is 22.8. The number of hydrogen-bond acceptors (Lipinski definition) is 5. The summed E-state index contributed by atoms with van der Waals surface area (Å²) in [5.41, 5.74) is 3.87. The van der Waals surface area contributed by atoms with Gasteiger partial charge in [-0.1, -0.05) is 36.4 Å². The zero-order valence-corrected chi connectivity index (χ0v) is 22.5. The quantitative estimate of drug-likeness (QED) is 0.276. The smallest absolute Gasteiger partial charge is 0.191 e. The summed E-state index contributed by atoms with van der Waals surface area (Å²) in [5, 5.41) is 6.97. The molecule has 182 valence electrons. The second-order valence-corrected chi connectivity index (χ2v) is 8.22. The van der Waals surface area contributed by atoms with Gasteiger partial charge in [0, 0.05) is 39.8 Å². The van der Waals surface area contributed by atoms with Crippen molar-refractivity contribution in [2.75, 3.05) is 61.1 Å². The van der Waals surface area contributed by atoms with E-state index in [-0.39, 0.29) is 30.0 Å². The molecule has 7 nitrogen and oxygen atoms in total. The Kier molecular flexibility index (Phi) is 11.9. The number of rotatable bonds is 9. The number of likely N-dealkylation sites (N-methyl/N-ethyl adjacent to an activating group) is 1. The molecule has 1 aliphatic heterocycles. The van der Waals surface area contributed by atoms with Gasteiger partial charge in [0.15, 0.2) is 5.96 Å². The molecule has 0 spiro atoms. The average Bonchev–Trinajstić information content (AvgIpc) is 2.83. The Labute approximate surface area is 215 Å². The Morgan fingerprint density at radius 2 is 1.73 bits per heavy atom. The molecule has 0 radical (unpaired) electrons. The molecule has 1 unspecified atom stereocenters. The second-order valence-electron chi connectivity index (χ2n) is 8.22. The molecule has 1 aliphatic rings. The molecule has 0 bridgehead atoms. The number of aliphatic imine (C=N–C) groups is 1. The number of hydrogen-bond donors (Lipinski definition) is 2. The van der Waals surface area contributed by atoms with E-state index in [9.17, 15) is 0 Å². The molecule has 3 rings (SSSR count). The van der Waals surface area contributed by atoms with E-state index in [1.54, 1.807) is 7.11 Å². The number of ether oxygens (including phenoxy) is 2. The molecule has 2 N–H and O–H groups in total. The number of halogens is 1. The SMILES string of the molecule is CN=C(NCc1ccccc1CN1CCOCC1)NCC(c1ccc(OC)cc1)N(C)C.I. The summed E-state index contributed by atoms with van der Waals surface area (Å²) in [7, 11) is 7.69. The van der Waals surface area contributed by atoms with Gasteiger partial charge in [0.25, 0.3) is 0 Å². The molecule has 1 fully saturated rings. The minimum absolute atomic E-state index is 0. The standard InChI is InChI=1S/C25H37N5O2.HI/c1-26-25(28-18-24(29(2)3)20-9-11-23(31-4)12-10-20)27-17-21-7-5-6-8-22(21)19-30-13-15-32-16-14-30;/h5-12,24H,13-19H2,1-4H3,(H2,26,27,28);1H. The van der Waals surface area contributed by atoms with Crippen LogP contribution in [0.5, 0.6) is 5.75 Å². The first-order valence-corrected chi connectivity index (χ1v) is 11.2. The van der Waals surface area contributed by atoms with Crippen molar-refractivity contribution >= 4 is 29.9 Å². The van der Waals surface area contributed by atoms with Crippen molar-refractivity contribution in [2.24, 2.45) is 4.99 Å². The highest BCUT2D eigenvalue weighted by atomic mass is 127. The molecule has 0 aliphatic carbocycles. The summed E-state index contributed by atoms with van der Waals surface area (Å²) in [6, 6.07) is 17.1. The predicted octanol–water partition coefficient (Wildman–Crippen LogP) is 3.11. The van der Waals surface area contributed by atoms with Crippen molar-refractivity contribution in [1.82, 2.24) is 20.4 Å². The largest absolute Gasteiger partial charge is 0.497 e. The first-order valence-electron chi connectivity index (χ1n) is 11.2. The highest BCUT2D eigenvalue weighted by Gasteiger charge is 2.16. The fraction of sp³-hybridized carbons (Fsp3) is 0.480. The van der Waals surface area contributed by atoms with Crippen LogP contribution in [0.25, 0.3) is 0 Å². The average molecular weight is 568 g/mol. The highest BCUT2D eigenvalue weighted by molar-refractivity contribution is 14.0. The number of morpholine rings is 1. The lowest BCUT2D eigenvalue weighted by Crippen LogP contribution is -2.41. The molecular formula is C25H38IN5O2. The summed E-state index contributed by atoms with van der Waals surface area (Å²) < 4.78 is 10.8. The number of guanidine groups is 1. The van der Waals surface area contributed by atoms with Gasteiger partial charge in [-0.15, -0.1) is 24.0 Å². The van der Waals surface area contributed by atoms with Crippen molar-refractivity contribution in [3.63, 3.8) is 0 Å². The summed E-state index contributed by atoms with van der Waals surface area (Å²) in [4.78, 5) is 9.09. The van der Waals surface area contributed by atoms with Crippen LogP contribution in [-0.4, -0.2) is 76.9 Å². The molecule has 33 heavy (non-hydrogen) atoms. The van der Waals surface area contributed by atoms with Crippen LogP contribution in [0, 0.1) is 0 Å². The van der Waals surface area contributed by atoms with Gasteiger partial charge in [0.1, 0.15) is 5.75 Å². The van der Waals surface area contributed by atoms with Crippen molar-refractivity contribution in [3.8, 4) is 5.75 Å². The number of benzene rings is 2. The Hall–Kier alpha value is -1.88. The lowest BCUT2D eigenvalue weighted by Gasteiger charge is -2.28. The van der Waals surface area contributed by atoms with E-state index in [0.717, 1.165) is 57.6 Å².